The van der Waals surface area contributed by atoms with E-state index in [-0.39, 0.29) is 0 Å². The number of hydrogen-bond donors (Lipinski definition) is 0. The van der Waals surface area contributed by atoms with E-state index < -0.39 is 6.98 Å². The van der Waals surface area contributed by atoms with E-state index in [0.29, 0.717) is 17.9 Å². The van der Waals surface area contributed by atoms with Gasteiger partial charge >= 0.3 is 5.65 Å². The largest absolute Gasteiger partial charge is 0.413 e. The lowest BCUT2D eigenvalue weighted by Gasteiger charge is -2.10. The molecule has 23 heterocycles. The Morgan fingerprint density at radius 1 is 0.466 bits per heavy atom. The summed E-state index contributed by atoms with van der Waals surface area (Å²) in [5.74, 6) is 3.33. The third kappa shape index (κ3) is 9.39. The molecule has 0 fully saturated rings. The minimum absolute atomic E-state index is 0.620. The number of pyridine rings is 5. The van der Waals surface area contributed by atoms with Crippen molar-refractivity contribution in [2.45, 2.75) is 33.5 Å². The van der Waals surface area contributed by atoms with Gasteiger partial charge in [-0.2, -0.15) is 19.3 Å². The van der Waals surface area contributed by atoms with Gasteiger partial charge in [-0.3, -0.25) is 38.5 Å². The van der Waals surface area contributed by atoms with Crippen LogP contribution < -0.4 is 13.7 Å². The minimum Gasteiger partial charge on any atom is -0.413 e. The molecule has 0 atom stereocenters. The van der Waals surface area contributed by atoms with Crippen molar-refractivity contribution in [3.8, 4) is 61.9 Å². The molecular formula is C78H58N23OS+3. The van der Waals surface area contributed by atoms with Gasteiger partial charge in [-0.15, -0.1) is 9.61 Å². The summed E-state index contributed by atoms with van der Waals surface area (Å²) in [5, 5.41) is 18.9. The summed E-state index contributed by atoms with van der Waals surface area (Å²) in [5.41, 5.74) is 25.7. The van der Waals surface area contributed by atoms with E-state index in [2.05, 4.69) is 129 Å². The second kappa shape index (κ2) is 23.4. The fourth-order valence-electron chi connectivity index (χ4n) is 14.5. The smallest absolute Gasteiger partial charge is 0.354 e. The summed E-state index contributed by atoms with van der Waals surface area (Å²) in [6.07, 6.45) is 29.3. The molecule has 0 radical (unpaired) electrons. The van der Waals surface area contributed by atoms with E-state index in [4.69, 9.17) is 18.5 Å². The van der Waals surface area contributed by atoms with Crippen LogP contribution >= 0.6 is 11.3 Å². The number of fused-ring (bicyclic) bond motifs is 27. The van der Waals surface area contributed by atoms with Gasteiger partial charge in [0.1, 0.15) is 29.4 Å². The summed E-state index contributed by atoms with van der Waals surface area (Å²) in [6.45, 7) is 4.23. The fourth-order valence-corrected chi connectivity index (χ4v) is 15.8. The molecule has 0 amide bonds. The van der Waals surface area contributed by atoms with Crippen molar-refractivity contribution in [2.75, 3.05) is 0 Å². The Labute approximate surface area is 591 Å². The monoisotopic (exact) mass is 1370 g/mol. The number of thiazole rings is 1. The van der Waals surface area contributed by atoms with Gasteiger partial charge in [-0.05, 0) is 146 Å². The zero-order valence-electron chi connectivity index (χ0n) is 58.3. The van der Waals surface area contributed by atoms with Crippen LogP contribution in [-0.2, 0) is 33.7 Å². The standard InChI is InChI=1S/C20H15N5.C15H12N5.C15H13N5.C14H9N4O.C14H9N4S/c1-14-9-11-21-13-17(14)19-23-20-18(12-16-8-5-10-22-25(16)20)24(19)15-6-3-2-4-7-15;1-18-13-7-11-3-2-5-17-20(11)15(13)19-9-10-4-6-16-8-12(10)14(18)19;1-10-5-7-16-9-12(10)14-18-15-13(19(14)2)8-11-4-3-6-17-20(11)15;1-2-10-6-12-13(18(10)16-4-1)17-8-9-3-5-15-7-11(9)14(17)19-12;1-3-16-12-6-11-14(17(12)5-1)19-13-10-7-15-4-2-9(10)8-18(11)13/h2-13H,1H3;2-8H,9H2,1H3;3-9H,1-2H3;2*1-7H,8H2/q;+1;;2*+1/i;1D3;;;. The number of aromatic nitrogens is 23. The van der Waals surface area contributed by atoms with E-state index in [1.807, 2.05) is 189 Å². The quantitative estimate of drug-likeness (QED) is 0.151. The number of benzene rings is 1. The van der Waals surface area contributed by atoms with E-state index in [1.54, 1.807) is 54.1 Å². The highest BCUT2D eigenvalue weighted by molar-refractivity contribution is 7.20. The van der Waals surface area contributed by atoms with Crippen molar-refractivity contribution in [1.82, 2.24) is 96.4 Å². The molecule has 0 saturated carbocycles. The van der Waals surface area contributed by atoms with Crippen LogP contribution in [0.5, 0.6) is 0 Å². The van der Waals surface area contributed by atoms with Crippen LogP contribution in [0.4, 0.5) is 0 Å². The molecule has 21 aromatic rings. The van der Waals surface area contributed by atoms with Crippen molar-refractivity contribution in [3.63, 3.8) is 0 Å². The van der Waals surface area contributed by atoms with E-state index in [9.17, 15) is 0 Å². The summed E-state index contributed by atoms with van der Waals surface area (Å²) in [6, 6.07) is 48.3. The normalized spacial score (nSPS) is 12.9. The average Bonchev–Trinajstić information content (AvgIpc) is 1.55. The zero-order chi connectivity index (χ0) is 71.1. The van der Waals surface area contributed by atoms with Crippen LogP contribution in [0.2, 0.25) is 0 Å². The molecule has 103 heavy (non-hydrogen) atoms. The van der Waals surface area contributed by atoms with Gasteiger partial charge in [0.25, 0.3) is 16.5 Å². The topological polar surface area (TPSA) is 216 Å². The molecule has 1 aromatic carbocycles. The van der Waals surface area contributed by atoms with Crippen molar-refractivity contribution < 1.29 is 22.2 Å². The first-order valence-electron chi connectivity index (χ1n) is 34.8. The van der Waals surface area contributed by atoms with Crippen molar-refractivity contribution in [3.05, 3.63) is 273 Å². The molecule has 0 unspecified atom stereocenters. The third-order valence-electron chi connectivity index (χ3n) is 19.4. The SMILES string of the molecule is Cc1ccncc1-c1nc2c(cc3cccnn32)n1-c1ccccc1.Cc1ccncc1-c1nc2c(cc3cccnn32)n1C.[2H]C([2H])([2H])n1c2[n+](c3c1cc1cccnn13)Cc1ccncc1-2.c1cnc2cc3c(sc4[n+]3Cc3ccncc3-4)n2c1.c1cnn2c(c1)cc1oc3[n+](c12)Cc1ccncc1-3. The molecule has 0 bridgehead atoms. The van der Waals surface area contributed by atoms with Gasteiger partial charge in [0.05, 0.1) is 74.9 Å². The molecule has 3 aliphatic rings. The van der Waals surface area contributed by atoms with Crippen molar-refractivity contribution >= 4 is 94.1 Å². The third-order valence-corrected chi connectivity index (χ3v) is 20.6. The number of oxazole rings is 1. The number of aryl methyl sites for hydroxylation is 4. The Hall–Kier alpha value is -13.8. The van der Waals surface area contributed by atoms with E-state index in [1.165, 1.54) is 36.6 Å². The first-order chi connectivity index (χ1) is 52.0. The highest BCUT2D eigenvalue weighted by atomic mass is 32.1. The first kappa shape index (κ1) is 56.1. The Bertz CT molecular complexity index is 7070. The van der Waals surface area contributed by atoms with Crippen molar-refractivity contribution in [2.24, 2.45) is 14.0 Å². The number of imidazole rings is 3. The Morgan fingerprint density at radius 2 is 1.01 bits per heavy atom. The Kier molecular flexibility index (Phi) is 12.8. The second-order valence-electron chi connectivity index (χ2n) is 25.3. The number of nitrogens with zero attached hydrogens (tertiary/aromatic N) is 23. The highest BCUT2D eigenvalue weighted by Gasteiger charge is 2.37. The number of para-hydroxylation sites is 1. The molecule has 0 spiro atoms. The zero-order valence-corrected chi connectivity index (χ0v) is 56.1. The summed E-state index contributed by atoms with van der Waals surface area (Å²) >= 11 is 1.81. The summed E-state index contributed by atoms with van der Waals surface area (Å²) in [7, 11) is 2.02. The molecule has 3 aliphatic heterocycles. The average molecular weight is 1370 g/mol. The van der Waals surface area contributed by atoms with Gasteiger partial charge in [0.2, 0.25) is 16.9 Å². The summed E-state index contributed by atoms with van der Waals surface area (Å²) in [4.78, 5) is 36.4. The first-order valence-corrected chi connectivity index (χ1v) is 34.1. The molecule has 0 saturated heterocycles. The lowest BCUT2D eigenvalue weighted by molar-refractivity contribution is -0.651. The second-order valence-corrected chi connectivity index (χ2v) is 26.3. The molecule has 0 aliphatic carbocycles. The Balaban J connectivity index is 0.0000000881. The van der Waals surface area contributed by atoms with Crippen LogP contribution in [0.15, 0.2) is 249 Å². The maximum absolute atomic E-state index is 7.99. The molecule has 0 N–H and O–H groups in total. The van der Waals surface area contributed by atoms with Crippen LogP contribution in [0.1, 0.15) is 31.9 Å². The predicted octanol–water partition coefficient (Wildman–Crippen LogP) is 12.2. The van der Waals surface area contributed by atoms with Crippen LogP contribution in [-0.4, -0.2) is 96.4 Å². The lowest BCUT2D eigenvalue weighted by Crippen LogP contribution is -2.32. The van der Waals surface area contributed by atoms with E-state index >= 15 is 0 Å². The molecule has 24 rings (SSSR count). The molecular weight excluding hydrogens is 1310 g/mol. The van der Waals surface area contributed by atoms with Gasteiger partial charge in [0.15, 0.2) is 33.7 Å². The molecule has 494 valence electrons. The maximum atomic E-state index is 7.99. The fraction of sp³-hybridized carbons (Fsp3) is 0.0897. The Morgan fingerprint density at radius 3 is 1.70 bits per heavy atom. The number of hydrogen-bond acceptors (Lipinski definition) is 14. The van der Waals surface area contributed by atoms with Gasteiger partial charge in [0, 0.05) is 139 Å². The molecule has 20 aromatic heterocycles. The van der Waals surface area contributed by atoms with Crippen LogP contribution in [0.25, 0.3) is 145 Å². The van der Waals surface area contributed by atoms with Gasteiger partial charge < -0.3 is 8.98 Å². The lowest BCUT2D eigenvalue weighted by atomic mass is 10.1. The van der Waals surface area contributed by atoms with Crippen LogP contribution in [0, 0.1) is 13.8 Å². The highest BCUT2D eigenvalue weighted by Crippen LogP contribution is 2.38. The van der Waals surface area contributed by atoms with Crippen molar-refractivity contribution in [1.29, 1.82) is 0 Å². The summed E-state index contributed by atoms with van der Waals surface area (Å²) < 4.78 is 51.8. The van der Waals surface area contributed by atoms with E-state index in [0.717, 1.165) is 142 Å². The minimum atomic E-state index is -2.28. The number of rotatable bonds is 3. The van der Waals surface area contributed by atoms with Gasteiger partial charge in [-0.25, -0.2) is 28.5 Å². The van der Waals surface area contributed by atoms with Crippen LogP contribution in [0.3, 0.4) is 0 Å². The van der Waals surface area contributed by atoms with Gasteiger partial charge in [-0.1, -0.05) is 27.8 Å². The molecule has 24 nitrogen and oxygen atoms in total. The maximum Gasteiger partial charge on any atom is 0.354 e. The predicted molar refractivity (Wildman–Crippen MR) is 390 cm³/mol. The molecule has 25 heteroatoms.